The second-order valence-electron chi connectivity index (χ2n) is 3.87. The molecule has 0 bridgehead atoms. The summed E-state index contributed by atoms with van der Waals surface area (Å²) in [6.45, 7) is 0. The first-order chi connectivity index (χ1) is 7.19. The SMILES string of the molecule is NNC(=O)C1(c2ccc(Cl)s2)CCCC1. The molecule has 1 heterocycles. The van der Waals surface area contributed by atoms with E-state index in [0.29, 0.717) is 0 Å². The predicted octanol–water partition coefficient (Wildman–Crippen LogP) is 2.20. The number of amides is 1. The molecule has 1 aliphatic rings. The van der Waals surface area contributed by atoms with Crippen LogP contribution in [0.15, 0.2) is 12.1 Å². The topological polar surface area (TPSA) is 55.1 Å². The lowest BCUT2D eigenvalue weighted by molar-refractivity contribution is -0.126. The normalized spacial score (nSPS) is 19.1. The van der Waals surface area contributed by atoms with Gasteiger partial charge in [0.15, 0.2) is 0 Å². The maximum atomic E-state index is 11.9. The molecular weight excluding hydrogens is 232 g/mol. The van der Waals surface area contributed by atoms with Gasteiger partial charge in [-0.3, -0.25) is 10.2 Å². The Bertz CT molecular complexity index is 371. The zero-order valence-electron chi connectivity index (χ0n) is 8.25. The number of rotatable bonds is 2. The Kier molecular flexibility index (Phi) is 3.00. The quantitative estimate of drug-likeness (QED) is 0.476. The van der Waals surface area contributed by atoms with Crippen LogP contribution in [0.25, 0.3) is 0 Å². The molecule has 0 aromatic carbocycles. The third-order valence-electron chi connectivity index (χ3n) is 3.07. The summed E-state index contributed by atoms with van der Waals surface area (Å²) < 4.78 is 0.723. The number of hydrogen-bond acceptors (Lipinski definition) is 3. The van der Waals surface area contributed by atoms with Gasteiger partial charge < -0.3 is 0 Å². The molecule has 0 aliphatic heterocycles. The number of nitrogens with one attached hydrogen (secondary N) is 1. The van der Waals surface area contributed by atoms with Crippen LogP contribution < -0.4 is 11.3 Å². The second kappa shape index (κ2) is 4.12. The molecule has 1 saturated carbocycles. The lowest BCUT2D eigenvalue weighted by Crippen LogP contribution is -2.45. The molecule has 1 amide bonds. The molecular formula is C10H13ClN2OS. The third kappa shape index (κ3) is 1.77. The minimum Gasteiger partial charge on any atom is -0.293 e. The van der Waals surface area contributed by atoms with E-state index in [1.807, 2.05) is 12.1 Å². The molecule has 1 aromatic rings. The minimum atomic E-state index is -0.424. The average Bonchev–Trinajstić information content (AvgIpc) is 2.85. The Morgan fingerprint density at radius 3 is 2.60 bits per heavy atom. The standard InChI is InChI=1S/C10H13ClN2OS/c11-8-4-3-7(15-8)10(9(14)13-12)5-1-2-6-10/h3-4H,1-2,5-6,12H2,(H,13,14). The van der Waals surface area contributed by atoms with Gasteiger partial charge in [-0.15, -0.1) is 11.3 Å². The first-order valence-corrected chi connectivity index (χ1v) is 6.15. The van der Waals surface area contributed by atoms with E-state index in [0.717, 1.165) is 34.9 Å². The smallest absolute Gasteiger partial charge is 0.245 e. The highest BCUT2D eigenvalue weighted by Crippen LogP contribution is 2.44. The predicted molar refractivity (Wildman–Crippen MR) is 61.8 cm³/mol. The highest BCUT2D eigenvalue weighted by Gasteiger charge is 2.43. The minimum absolute atomic E-state index is 0.0847. The van der Waals surface area contributed by atoms with E-state index in [1.165, 1.54) is 11.3 Å². The lowest BCUT2D eigenvalue weighted by Gasteiger charge is -2.25. The van der Waals surface area contributed by atoms with Gasteiger partial charge in [0.2, 0.25) is 5.91 Å². The molecule has 0 spiro atoms. The Hall–Kier alpha value is -0.580. The van der Waals surface area contributed by atoms with Crippen molar-refractivity contribution in [1.29, 1.82) is 0 Å². The van der Waals surface area contributed by atoms with Gasteiger partial charge in [0, 0.05) is 4.88 Å². The fourth-order valence-corrected chi connectivity index (χ4v) is 3.56. The Balaban J connectivity index is 2.38. The number of halogens is 1. The van der Waals surface area contributed by atoms with Crippen molar-refractivity contribution in [3.05, 3.63) is 21.3 Å². The number of thiophene rings is 1. The number of nitrogens with two attached hydrogens (primary N) is 1. The van der Waals surface area contributed by atoms with Crippen LogP contribution in [0.4, 0.5) is 0 Å². The molecule has 1 aliphatic carbocycles. The van der Waals surface area contributed by atoms with Gasteiger partial charge in [-0.1, -0.05) is 24.4 Å². The van der Waals surface area contributed by atoms with E-state index in [1.54, 1.807) is 0 Å². The summed E-state index contributed by atoms with van der Waals surface area (Å²) in [6.07, 6.45) is 3.88. The third-order valence-corrected chi connectivity index (χ3v) is 4.50. The summed E-state index contributed by atoms with van der Waals surface area (Å²) in [4.78, 5) is 12.9. The fourth-order valence-electron chi connectivity index (χ4n) is 2.27. The van der Waals surface area contributed by atoms with Gasteiger partial charge in [-0.25, -0.2) is 5.84 Å². The van der Waals surface area contributed by atoms with Crippen molar-refractivity contribution in [3.8, 4) is 0 Å². The number of carbonyl (C=O) groups is 1. The maximum absolute atomic E-state index is 11.9. The van der Waals surface area contributed by atoms with Gasteiger partial charge >= 0.3 is 0 Å². The van der Waals surface area contributed by atoms with Crippen LogP contribution in [0.3, 0.4) is 0 Å². The number of hydrazine groups is 1. The van der Waals surface area contributed by atoms with Crippen molar-refractivity contribution in [2.24, 2.45) is 5.84 Å². The van der Waals surface area contributed by atoms with Crippen LogP contribution in [-0.4, -0.2) is 5.91 Å². The summed E-state index contributed by atoms with van der Waals surface area (Å²) in [5.74, 6) is 5.17. The first kappa shape index (κ1) is 10.9. The Labute approximate surface area is 97.6 Å². The van der Waals surface area contributed by atoms with Crippen LogP contribution in [-0.2, 0) is 10.2 Å². The van der Waals surface area contributed by atoms with E-state index >= 15 is 0 Å². The van der Waals surface area contributed by atoms with Crippen molar-refractivity contribution < 1.29 is 4.79 Å². The van der Waals surface area contributed by atoms with E-state index < -0.39 is 5.41 Å². The molecule has 82 valence electrons. The maximum Gasteiger partial charge on any atom is 0.245 e. The zero-order chi connectivity index (χ0) is 10.9. The van der Waals surface area contributed by atoms with Crippen molar-refractivity contribution in [3.63, 3.8) is 0 Å². The summed E-state index contributed by atoms with van der Waals surface area (Å²) in [6, 6.07) is 3.78. The molecule has 2 rings (SSSR count). The Morgan fingerprint density at radius 1 is 1.47 bits per heavy atom. The monoisotopic (exact) mass is 244 g/mol. The molecule has 5 heteroatoms. The highest BCUT2D eigenvalue weighted by molar-refractivity contribution is 7.16. The Morgan fingerprint density at radius 2 is 2.13 bits per heavy atom. The zero-order valence-corrected chi connectivity index (χ0v) is 9.83. The van der Waals surface area contributed by atoms with Crippen LogP contribution in [0.2, 0.25) is 4.34 Å². The molecule has 0 radical (unpaired) electrons. The van der Waals surface area contributed by atoms with Crippen LogP contribution in [0.5, 0.6) is 0 Å². The molecule has 15 heavy (non-hydrogen) atoms. The molecule has 3 N–H and O–H groups in total. The molecule has 1 fully saturated rings. The van der Waals surface area contributed by atoms with Crippen molar-refractivity contribution >= 4 is 28.8 Å². The van der Waals surface area contributed by atoms with Gasteiger partial charge in [0.1, 0.15) is 0 Å². The van der Waals surface area contributed by atoms with Crippen LogP contribution >= 0.6 is 22.9 Å². The van der Waals surface area contributed by atoms with E-state index in [-0.39, 0.29) is 5.91 Å². The van der Waals surface area contributed by atoms with Gasteiger partial charge in [-0.2, -0.15) is 0 Å². The fraction of sp³-hybridized carbons (Fsp3) is 0.500. The van der Waals surface area contributed by atoms with Gasteiger partial charge in [0.25, 0.3) is 0 Å². The van der Waals surface area contributed by atoms with Crippen molar-refractivity contribution in [2.45, 2.75) is 31.1 Å². The lowest BCUT2D eigenvalue weighted by atomic mass is 9.84. The molecule has 0 atom stereocenters. The van der Waals surface area contributed by atoms with Crippen molar-refractivity contribution in [2.75, 3.05) is 0 Å². The van der Waals surface area contributed by atoms with Gasteiger partial charge in [-0.05, 0) is 25.0 Å². The number of carbonyl (C=O) groups excluding carboxylic acids is 1. The second-order valence-corrected chi connectivity index (χ2v) is 5.58. The van der Waals surface area contributed by atoms with Gasteiger partial charge in [0.05, 0.1) is 9.75 Å². The van der Waals surface area contributed by atoms with E-state index in [9.17, 15) is 4.79 Å². The molecule has 0 saturated heterocycles. The summed E-state index contributed by atoms with van der Waals surface area (Å²) in [5.41, 5.74) is 1.86. The van der Waals surface area contributed by atoms with E-state index in [2.05, 4.69) is 5.43 Å². The summed E-state index contributed by atoms with van der Waals surface area (Å²) in [7, 11) is 0. The van der Waals surface area contributed by atoms with Crippen LogP contribution in [0.1, 0.15) is 30.6 Å². The highest BCUT2D eigenvalue weighted by atomic mass is 35.5. The van der Waals surface area contributed by atoms with Crippen molar-refractivity contribution in [1.82, 2.24) is 5.43 Å². The summed E-state index contributed by atoms with van der Waals surface area (Å²) in [5, 5.41) is 0. The molecule has 3 nitrogen and oxygen atoms in total. The first-order valence-electron chi connectivity index (χ1n) is 4.96. The molecule has 1 aromatic heterocycles. The van der Waals surface area contributed by atoms with E-state index in [4.69, 9.17) is 17.4 Å². The van der Waals surface area contributed by atoms with Crippen LogP contribution in [0, 0.1) is 0 Å². The largest absolute Gasteiger partial charge is 0.293 e. The number of hydrogen-bond donors (Lipinski definition) is 2. The summed E-state index contributed by atoms with van der Waals surface area (Å²) >= 11 is 7.38. The average molecular weight is 245 g/mol. The molecule has 0 unspecified atom stereocenters.